The Balaban J connectivity index is 2.19. The second kappa shape index (κ2) is 5.80. The highest BCUT2D eigenvalue weighted by Gasteiger charge is 2.45. The maximum atomic E-state index is 12.9. The van der Waals surface area contributed by atoms with Gasteiger partial charge in [-0.3, -0.25) is 9.69 Å². The van der Waals surface area contributed by atoms with Crippen molar-refractivity contribution in [2.24, 2.45) is 5.73 Å². The second-order valence-corrected chi connectivity index (χ2v) is 6.82. The van der Waals surface area contributed by atoms with Gasteiger partial charge in [0, 0.05) is 12.6 Å². The number of nitrogens with two attached hydrogens (primary N) is 1. The first-order valence-electron chi connectivity index (χ1n) is 7.71. The Labute approximate surface area is 117 Å². The van der Waals surface area contributed by atoms with Crippen LogP contribution < -0.4 is 5.73 Å². The fourth-order valence-corrected chi connectivity index (χ4v) is 3.96. The van der Waals surface area contributed by atoms with E-state index in [0.717, 1.165) is 13.0 Å². The van der Waals surface area contributed by atoms with Crippen LogP contribution in [0.25, 0.3) is 0 Å². The molecule has 4 heteroatoms. The van der Waals surface area contributed by atoms with Crippen LogP contribution in [0.15, 0.2) is 0 Å². The minimum Gasteiger partial charge on any atom is -0.332 e. The Morgan fingerprint density at radius 2 is 1.89 bits per heavy atom. The number of hydrogen-bond donors (Lipinski definition) is 1. The van der Waals surface area contributed by atoms with E-state index in [1.807, 2.05) is 0 Å². The van der Waals surface area contributed by atoms with E-state index in [9.17, 15) is 4.79 Å². The largest absolute Gasteiger partial charge is 0.332 e. The van der Waals surface area contributed by atoms with Crippen LogP contribution in [-0.2, 0) is 4.79 Å². The molecule has 1 unspecified atom stereocenters. The minimum absolute atomic E-state index is 0.0139. The highest BCUT2D eigenvalue weighted by molar-refractivity contribution is 5.84. The van der Waals surface area contributed by atoms with Gasteiger partial charge in [0.15, 0.2) is 0 Å². The van der Waals surface area contributed by atoms with E-state index in [-0.39, 0.29) is 11.6 Å². The predicted molar refractivity (Wildman–Crippen MR) is 77.9 cm³/mol. The van der Waals surface area contributed by atoms with E-state index in [1.165, 1.54) is 32.1 Å². The Kier molecular flexibility index (Phi) is 4.51. The van der Waals surface area contributed by atoms with Crippen LogP contribution in [0, 0.1) is 0 Å². The van der Waals surface area contributed by atoms with Gasteiger partial charge in [-0.2, -0.15) is 0 Å². The van der Waals surface area contributed by atoms with Crippen molar-refractivity contribution in [1.82, 2.24) is 9.80 Å². The average Bonchev–Trinajstić information content (AvgIpc) is 2.34. The SMILES string of the molecule is CN1CC(C)(C)N(C2CCCCC2)C(=O)C1CCN. The van der Waals surface area contributed by atoms with Crippen molar-refractivity contribution in [2.45, 2.75) is 70.0 Å². The summed E-state index contributed by atoms with van der Waals surface area (Å²) in [4.78, 5) is 17.3. The first-order chi connectivity index (χ1) is 8.97. The van der Waals surface area contributed by atoms with Crippen molar-refractivity contribution in [3.05, 3.63) is 0 Å². The van der Waals surface area contributed by atoms with Gasteiger partial charge in [-0.1, -0.05) is 19.3 Å². The van der Waals surface area contributed by atoms with Gasteiger partial charge in [-0.05, 0) is 46.7 Å². The van der Waals surface area contributed by atoms with Crippen LogP contribution in [0.4, 0.5) is 0 Å². The molecule has 2 N–H and O–H groups in total. The van der Waals surface area contributed by atoms with Crippen LogP contribution >= 0.6 is 0 Å². The number of rotatable bonds is 3. The molecule has 0 aromatic carbocycles. The van der Waals surface area contributed by atoms with E-state index in [1.54, 1.807) is 0 Å². The smallest absolute Gasteiger partial charge is 0.240 e. The summed E-state index contributed by atoms with van der Waals surface area (Å²) in [7, 11) is 2.05. The van der Waals surface area contributed by atoms with Crippen molar-refractivity contribution in [3.8, 4) is 0 Å². The van der Waals surface area contributed by atoms with E-state index in [4.69, 9.17) is 5.73 Å². The number of carbonyl (C=O) groups is 1. The lowest BCUT2D eigenvalue weighted by Crippen LogP contribution is -2.68. The molecule has 1 atom stereocenters. The summed E-state index contributed by atoms with van der Waals surface area (Å²) >= 11 is 0. The predicted octanol–water partition coefficient (Wildman–Crippen LogP) is 1.59. The maximum absolute atomic E-state index is 12.9. The third-order valence-corrected chi connectivity index (χ3v) is 4.72. The standard InChI is InChI=1S/C15H29N3O/c1-15(2)11-17(3)13(9-10-16)14(19)18(15)12-7-5-4-6-8-12/h12-13H,4-11,16H2,1-3H3. The van der Waals surface area contributed by atoms with Crippen LogP contribution in [0.3, 0.4) is 0 Å². The lowest BCUT2D eigenvalue weighted by molar-refractivity contribution is -0.156. The second-order valence-electron chi connectivity index (χ2n) is 6.82. The monoisotopic (exact) mass is 267 g/mol. The van der Waals surface area contributed by atoms with Gasteiger partial charge in [0.1, 0.15) is 0 Å². The number of nitrogens with zero attached hydrogens (tertiary/aromatic N) is 2. The zero-order chi connectivity index (χ0) is 14.0. The summed E-state index contributed by atoms with van der Waals surface area (Å²) in [5.41, 5.74) is 5.62. The van der Waals surface area contributed by atoms with Crippen LogP contribution in [0.2, 0.25) is 0 Å². The third kappa shape index (κ3) is 2.95. The summed E-state index contributed by atoms with van der Waals surface area (Å²) in [5.74, 6) is 0.302. The van der Waals surface area contributed by atoms with E-state index in [0.29, 0.717) is 18.5 Å². The number of carbonyl (C=O) groups excluding carboxylic acids is 1. The van der Waals surface area contributed by atoms with Crippen molar-refractivity contribution >= 4 is 5.91 Å². The number of hydrogen-bond acceptors (Lipinski definition) is 3. The molecule has 110 valence electrons. The first kappa shape index (κ1) is 14.8. The molecule has 2 aliphatic rings. The molecule has 2 fully saturated rings. The van der Waals surface area contributed by atoms with Crippen LogP contribution in [0.1, 0.15) is 52.4 Å². The topological polar surface area (TPSA) is 49.6 Å². The van der Waals surface area contributed by atoms with Crippen molar-refractivity contribution < 1.29 is 4.79 Å². The van der Waals surface area contributed by atoms with Gasteiger partial charge in [-0.15, -0.1) is 0 Å². The van der Waals surface area contributed by atoms with Gasteiger partial charge in [0.05, 0.1) is 11.6 Å². The zero-order valence-electron chi connectivity index (χ0n) is 12.7. The molecule has 1 saturated carbocycles. The van der Waals surface area contributed by atoms with Crippen molar-refractivity contribution in [3.63, 3.8) is 0 Å². The summed E-state index contributed by atoms with van der Waals surface area (Å²) in [6.45, 7) is 5.93. The number of amides is 1. The first-order valence-corrected chi connectivity index (χ1v) is 7.71. The molecule has 1 aliphatic heterocycles. The minimum atomic E-state index is -0.0566. The molecular formula is C15H29N3O. The summed E-state index contributed by atoms with van der Waals surface area (Å²) in [6, 6.07) is 0.435. The molecule has 4 nitrogen and oxygen atoms in total. The van der Waals surface area contributed by atoms with Gasteiger partial charge in [0.2, 0.25) is 5.91 Å². The summed E-state index contributed by atoms with van der Waals surface area (Å²) in [6.07, 6.45) is 6.98. The Morgan fingerprint density at radius 3 is 2.47 bits per heavy atom. The molecule has 2 rings (SSSR count). The van der Waals surface area contributed by atoms with Crippen LogP contribution in [-0.4, -0.2) is 53.5 Å². The molecule has 1 heterocycles. The Hall–Kier alpha value is -0.610. The van der Waals surface area contributed by atoms with E-state index in [2.05, 4.69) is 30.7 Å². The average molecular weight is 267 g/mol. The maximum Gasteiger partial charge on any atom is 0.240 e. The molecule has 0 bridgehead atoms. The number of piperazine rings is 1. The molecule has 0 aromatic heterocycles. The molecule has 1 amide bonds. The lowest BCUT2D eigenvalue weighted by Gasteiger charge is -2.53. The van der Waals surface area contributed by atoms with E-state index >= 15 is 0 Å². The molecule has 0 radical (unpaired) electrons. The molecule has 0 aromatic rings. The third-order valence-electron chi connectivity index (χ3n) is 4.72. The molecule has 1 aliphatic carbocycles. The highest BCUT2D eigenvalue weighted by atomic mass is 16.2. The highest BCUT2D eigenvalue weighted by Crippen LogP contribution is 2.33. The molecule has 0 spiro atoms. The van der Waals surface area contributed by atoms with Gasteiger partial charge in [0.25, 0.3) is 0 Å². The zero-order valence-corrected chi connectivity index (χ0v) is 12.7. The Bertz CT molecular complexity index is 323. The summed E-state index contributed by atoms with van der Waals surface area (Å²) in [5, 5.41) is 0. The van der Waals surface area contributed by atoms with Crippen molar-refractivity contribution in [1.29, 1.82) is 0 Å². The fraction of sp³-hybridized carbons (Fsp3) is 0.933. The van der Waals surface area contributed by atoms with Crippen molar-refractivity contribution in [2.75, 3.05) is 20.1 Å². The van der Waals surface area contributed by atoms with Crippen LogP contribution in [0.5, 0.6) is 0 Å². The fourth-order valence-electron chi connectivity index (χ4n) is 3.96. The number of likely N-dealkylation sites (N-methyl/N-ethyl adjacent to an activating group) is 1. The normalized spacial score (nSPS) is 29.8. The molecular weight excluding hydrogens is 238 g/mol. The van der Waals surface area contributed by atoms with Gasteiger partial charge in [-0.25, -0.2) is 0 Å². The Morgan fingerprint density at radius 1 is 1.26 bits per heavy atom. The van der Waals surface area contributed by atoms with Gasteiger partial charge < -0.3 is 10.6 Å². The quantitative estimate of drug-likeness (QED) is 0.845. The van der Waals surface area contributed by atoms with E-state index < -0.39 is 0 Å². The van der Waals surface area contributed by atoms with Gasteiger partial charge >= 0.3 is 0 Å². The molecule has 19 heavy (non-hydrogen) atoms. The lowest BCUT2D eigenvalue weighted by atomic mass is 9.86. The summed E-state index contributed by atoms with van der Waals surface area (Å²) < 4.78 is 0. The molecule has 1 saturated heterocycles.